The van der Waals surface area contributed by atoms with Crippen molar-refractivity contribution in [2.45, 2.75) is 24.9 Å². The molecule has 5 rings (SSSR count). The summed E-state index contributed by atoms with van der Waals surface area (Å²) < 4.78 is 7.38. The highest BCUT2D eigenvalue weighted by molar-refractivity contribution is 7.19. The van der Waals surface area contributed by atoms with E-state index in [1.807, 2.05) is 30.3 Å². The van der Waals surface area contributed by atoms with Gasteiger partial charge in [-0.1, -0.05) is 41.9 Å². The van der Waals surface area contributed by atoms with Crippen molar-refractivity contribution in [3.63, 3.8) is 0 Å². The van der Waals surface area contributed by atoms with Crippen molar-refractivity contribution in [1.82, 2.24) is 4.98 Å². The Bertz CT molecular complexity index is 774. The third-order valence-electron chi connectivity index (χ3n) is 5.49. The number of anilines is 1. The van der Waals surface area contributed by atoms with Crippen LogP contribution in [0, 0.1) is 0 Å². The van der Waals surface area contributed by atoms with Crippen LogP contribution in [0.4, 0.5) is 10.6 Å². The molecule has 3 fully saturated rings. The number of benzene rings is 1. The van der Waals surface area contributed by atoms with Crippen molar-refractivity contribution in [1.29, 1.82) is 0 Å². The van der Waals surface area contributed by atoms with Crippen LogP contribution in [0.15, 0.2) is 30.3 Å². The first-order chi connectivity index (χ1) is 12.0. The molecule has 0 saturated carbocycles. The summed E-state index contributed by atoms with van der Waals surface area (Å²) in [6.07, 6.45) is 2.36. The number of ether oxygens (including phenoxy) is 1. The Kier molecular flexibility index (Phi) is 5.81. The van der Waals surface area contributed by atoms with Crippen LogP contribution >= 0.6 is 22.9 Å². The number of hydrogen-bond donors (Lipinski definition) is 1. The summed E-state index contributed by atoms with van der Waals surface area (Å²) in [4.78, 5) is 17.6. The van der Waals surface area contributed by atoms with Crippen molar-refractivity contribution < 1.29 is 38.0 Å². The van der Waals surface area contributed by atoms with Crippen LogP contribution in [0.5, 0.6) is 0 Å². The van der Waals surface area contributed by atoms with E-state index in [1.165, 1.54) is 11.3 Å². The van der Waals surface area contributed by atoms with E-state index in [4.69, 9.17) is 16.3 Å². The van der Waals surface area contributed by atoms with Crippen LogP contribution in [0.1, 0.15) is 19.3 Å². The zero-order valence-electron chi connectivity index (χ0n) is 14.5. The van der Waals surface area contributed by atoms with Gasteiger partial charge in [0.2, 0.25) is 0 Å². The average Bonchev–Trinajstić information content (AvgIpc) is 2.97. The fourth-order valence-corrected chi connectivity index (χ4v) is 4.84. The molecule has 8 heteroatoms. The lowest BCUT2D eigenvalue weighted by Crippen LogP contribution is -3.00. The first kappa shape index (κ1) is 19.9. The topological polar surface area (TPSA) is 51.2 Å². The lowest BCUT2D eigenvalue weighted by atomic mass is 9.81. The fourth-order valence-electron chi connectivity index (χ4n) is 3.77. The minimum Gasteiger partial charge on any atom is -1.00 e. The number of halogens is 2. The smallest absolute Gasteiger partial charge is 0.413 e. The second-order valence-corrected chi connectivity index (χ2v) is 8.83. The van der Waals surface area contributed by atoms with Crippen molar-refractivity contribution in [2.24, 2.45) is 0 Å². The van der Waals surface area contributed by atoms with Crippen LogP contribution in [0.25, 0.3) is 10.4 Å². The van der Waals surface area contributed by atoms with Gasteiger partial charge in [0.05, 0.1) is 31.6 Å². The number of carbonyl (C=O) groups excluding carboxylic acids is 1. The molecule has 3 aliphatic rings. The number of thiazole rings is 1. The molecule has 26 heavy (non-hydrogen) atoms. The maximum absolute atomic E-state index is 12.5. The third-order valence-corrected chi connectivity index (χ3v) is 6.70. The van der Waals surface area contributed by atoms with E-state index in [9.17, 15) is 4.79 Å². The van der Waals surface area contributed by atoms with Gasteiger partial charge in [-0.15, -0.1) is 11.3 Å². The quantitative estimate of drug-likeness (QED) is 0.507. The van der Waals surface area contributed by atoms with Crippen LogP contribution < -0.4 is 29.3 Å². The van der Waals surface area contributed by atoms with Gasteiger partial charge >= 0.3 is 6.09 Å². The van der Waals surface area contributed by atoms with Gasteiger partial charge in [-0.05, 0) is 5.56 Å². The summed E-state index contributed by atoms with van der Waals surface area (Å²) >= 11 is 7.43. The molecular weight excluding hydrogens is 485 g/mol. The molecule has 5 nitrogen and oxygen atoms in total. The number of aromatic nitrogens is 1. The monoisotopic (exact) mass is 505 g/mol. The minimum absolute atomic E-state index is 0. The van der Waals surface area contributed by atoms with Gasteiger partial charge in [0.25, 0.3) is 0 Å². The number of rotatable bonds is 3. The predicted molar refractivity (Wildman–Crippen MR) is 100 cm³/mol. The molecule has 2 bridgehead atoms. The Morgan fingerprint density at radius 3 is 2.46 bits per heavy atom. The molecule has 0 spiro atoms. The van der Waals surface area contributed by atoms with Gasteiger partial charge in [0.1, 0.15) is 5.60 Å². The van der Waals surface area contributed by atoms with Gasteiger partial charge in [-0.3, -0.25) is 5.32 Å². The SMILES string of the molecule is C[N+]12CCC(OC(=O)Nc3nc(Cl)sc3-c3ccccc3)(CC1)CC2.[I-]. The lowest BCUT2D eigenvalue weighted by Gasteiger charge is -2.51. The molecule has 3 aliphatic heterocycles. The van der Waals surface area contributed by atoms with E-state index in [1.54, 1.807) is 0 Å². The Labute approximate surface area is 179 Å². The van der Waals surface area contributed by atoms with Gasteiger partial charge in [-0.25, -0.2) is 9.78 Å². The van der Waals surface area contributed by atoms with E-state index >= 15 is 0 Å². The molecule has 0 aliphatic carbocycles. The molecule has 0 radical (unpaired) electrons. The number of hydrogen-bond acceptors (Lipinski definition) is 4. The molecule has 4 heterocycles. The first-order valence-electron chi connectivity index (χ1n) is 8.52. The first-order valence-corrected chi connectivity index (χ1v) is 9.72. The number of nitrogens with zero attached hydrogens (tertiary/aromatic N) is 2. The number of nitrogens with one attached hydrogen (secondary N) is 1. The molecular formula is C18H21ClIN3O2S. The third kappa shape index (κ3) is 4.00. The number of fused-ring (bicyclic) bond motifs is 3. The summed E-state index contributed by atoms with van der Waals surface area (Å²) in [5, 5.41) is 2.81. The lowest BCUT2D eigenvalue weighted by molar-refractivity contribution is -0.926. The van der Waals surface area contributed by atoms with Crippen molar-refractivity contribution in [3.8, 4) is 10.4 Å². The second-order valence-electron chi connectivity index (χ2n) is 7.25. The van der Waals surface area contributed by atoms with Crippen molar-refractivity contribution >= 4 is 34.8 Å². The summed E-state index contributed by atoms with van der Waals surface area (Å²) in [5.74, 6) is 0.467. The average molecular weight is 506 g/mol. The predicted octanol–water partition coefficient (Wildman–Crippen LogP) is 1.40. The zero-order valence-corrected chi connectivity index (χ0v) is 18.2. The van der Waals surface area contributed by atoms with E-state index in [-0.39, 0.29) is 29.6 Å². The summed E-state index contributed by atoms with van der Waals surface area (Å²) in [6, 6.07) is 9.79. The van der Waals surface area contributed by atoms with E-state index in [2.05, 4.69) is 17.3 Å². The van der Waals surface area contributed by atoms with Crippen LogP contribution in [-0.2, 0) is 4.74 Å². The number of piperidine rings is 3. The minimum atomic E-state index is -0.433. The molecule has 1 N–H and O–H groups in total. The van der Waals surface area contributed by atoms with E-state index in [0.717, 1.165) is 53.8 Å². The highest BCUT2D eigenvalue weighted by Crippen LogP contribution is 2.40. The van der Waals surface area contributed by atoms with Crippen molar-refractivity contribution in [3.05, 3.63) is 34.8 Å². The molecule has 140 valence electrons. The van der Waals surface area contributed by atoms with Gasteiger partial charge in [0, 0.05) is 19.3 Å². The summed E-state index contributed by atoms with van der Waals surface area (Å²) in [6.45, 7) is 3.22. The van der Waals surface area contributed by atoms with Gasteiger partial charge < -0.3 is 33.2 Å². The molecule has 3 saturated heterocycles. The Morgan fingerprint density at radius 1 is 1.23 bits per heavy atom. The molecule has 2 aromatic rings. The maximum Gasteiger partial charge on any atom is 0.413 e. The van der Waals surface area contributed by atoms with Gasteiger partial charge in [-0.2, -0.15) is 0 Å². The molecule has 0 atom stereocenters. The Balaban J connectivity index is 0.00000196. The number of quaternary nitrogens is 1. The van der Waals surface area contributed by atoms with Crippen LogP contribution in [-0.4, -0.2) is 47.8 Å². The molecule has 1 aromatic carbocycles. The zero-order chi connectivity index (χ0) is 17.5. The van der Waals surface area contributed by atoms with E-state index in [0.29, 0.717) is 10.3 Å². The summed E-state index contributed by atoms with van der Waals surface area (Å²) in [7, 11) is 2.28. The largest absolute Gasteiger partial charge is 1.00 e. The normalized spacial score (nSPS) is 26.8. The molecule has 1 aromatic heterocycles. The number of carbonyl (C=O) groups is 1. The standard InChI is InChI=1S/C18H20ClN3O2S.HI/c1-22-10-7-18(8-11-22,9-12-22)24-17(23)21-15-14(25-16(19)20-15)13-5-3-2-4-6-13;/h2-6H,7-12H2,1H3;1H. The maximum atomic E-state index is 12.5. The molecule has 1 amide bonds. The van der Waals surface area contributed by atoms with Crippen LogP contribution in [0.2, 0.25) is 4.47 Å². The van der Waals surface area contributed by atoms with Crippen LogP contribution in [0.3, 0.4) is 0 Å². The Hall–Kier alpha value is -0.900. The second kappa shape index (κ2) is 7.61. The fraction of sp³-hybridized carbons (Fsp3) is 0.444. The Morgan fingerprint density at radius 2 is 1.85 bits per heavy atom. The van der Waals surface area contributed by atoms with Crippen molar-refractivity contribution in [2.75, 3.05) is 32.0 Å². The molecule has 0 unspecified atom stereocenters. The summed E-state index contributed by atoms with van der Waals surface area (Å²) in [5.41, 5.74) is 0.663. The highest BCUT2D eigenvalue weighted by Gasteiger charge is 2.49. The highest BCUT2D eigenvalue weighted by atomic mass is 127. The number of amides is 1. The van der Waals surface area contributed by atoms with Gasteiger partial charge in [0.15, 0.2) is 10.3 Å². The van der Waals surface area contributed by atoms with E-state index < -0.39 is 6.09 Å².